The van der Waals surface area contributed by atoms with Gasteiger partial charge in [-0.1, -0.05) is 23.7 Å². The lowest BCUT2D eigenvalue weighted by Gasteiger charge is -2.57. The largest absolute Gasteiger partial charge is 0.469 e. The molecule has 6 rings (SSSR count). The van der Waals surface area contributed by atoms with Crippen molar-refractivity contribution in [1.82, 2.24) is 14.4 Å². The van der Waals surface area contributed by atoms with Gasteiger partial charge in [-0.05, 0) is 99.3 Å². The normalized spacial score (nSPS) is 24.3. The Bertz CT molecular complexity index is 1460. The molecule has 0 N–H and O–H groups in total. The van der Waals surface area contributed by atoms with Crippen molar-refractivity contribution in [1.29, 1.82) is 0 Å². The predicted octanol–water partition coefficient (Wildman–Crippen LogP) is 6.28. The van der Waals surface area contributed by atoms with Crippen LogP contribution < -0.4 is 0 Å². The third kappa shape index (κ3) is 5.48. The Morgan fingerprint density at radius 2 is 1.83 bits per heavy atom. The highest BCUT2D eigenvalue weighted by Gasteiger charge is 2.49. The molecule has 218 valence electrons. The predicted molar refractivity (Wildman–Crippen MR) is 154 cm³/mol. The van der Waals surface area contributed by atoms with Crippen molar-refractivity contribution >= 4 is 34.4 Å². The van der Waals surface area contributed by atoms with E-state index in [1.54, 1.807) is 12.1 Å². The maximum Gasteiger partial charge on any atom is 0.305 e. The molecule has 1 aromatic heterocycles. The molecule has 0 unspecified atom stereocenters. The van der Waals surface area contributed by atoms with Crippen LogP contribution in [0, 0.1) is 23.5 Å². The van der Waals surface area contributed by atoms with E-state index in [1.807, 2.05) is 22.8 Å². The quantitative estimate of drug-likeness (QED) is 0.307. The molecule has 3 aliphatic heterocycles. The fraction of sp³-hybridized carbons (Fsp3) is 0.500. The number of amides is 1. The van der Waals surface area contributed by atoms with Crippen molar-refractivity contribution < 1.29 is 23.1 Å². The van der Waals surface area contributed by atoms with Crippen molar-refractivity contribution in [3.05, 3.63) is 70.4 Å². The fourth-order valence-corrected chi connectivity index (χ4v) is 7.87. The van der Waals surface area contributed by atoms with Gasteiger partial charge in [0.05, 0.1) is 12.6 Å². The lowest BCUT2D eigenvalue weighted by molar-refractivity contribution is -0.140. The van der Waals surface area contributed by atoms with E-state index >= 15 is 0 Å². The molecule has 4 atom stereocenters. The van der Waals surface area contributed by atoms with Gasteiger partial charge in [0.25, 0.3) is 5.91 Å². The molecule has 0 spiro atoms. The summed E-state index contributed by atoms with van der Waals surface area (Å²) in [7, 11) is 1.41. The summed E-state index contributed by atoms with van der Waals surface area (Å²) in [6.45, 7) is 3.10. The standard InChI is InChI=1S/C32H36ClF2N3O3/c1-41-30(39)8-2-7-27-24-6-4-14-36-13-3-5-22(31(24)36)19-38(27)32(40)29-16-21-10-11-23(33)17-28(21)37(29)18-20-9-12-25(34)26(35)15-20/h9-12,15-17,22,24,27,31H,2-8,13-14,18-19H2,1H3/t22-,24+,27+,31-/m0/s1. The fourth-order valence-electron chi connectivity index (χ4n) is 7.70. The first kappa shape index (κ1) is 28.2. The van der Waals surface area contributed by atoms with Gasteiger partial charge in [0, 0.05) is 42.0 Å². The molecule has 0 radical (unpaired) electrons. The summed E-state index contributed by atoms with van der Waals surface area (Å²) in [6, 6.07) is 11.7. The smallest absolute Gasteiger partial charge is 0.305 e. The summed E-state index contributed by atoms with van der Waals surface area (Å²) in [5, 5.41) is 1.39. The highest BCUT2D eigenvalue weighted by atomic mass is 35.5. The Balaban J connectivity index is 1.38. The van der Waals surface area contributed by atoms with Gasteiger partial charge in [0.2, 0.25) is 0 Å². The van der Waals surface area contributed by atoms with Crippen LogP contribution in [0.1, 0.15) is 61.0 Å². The van der Waals surface area contributed by atoms with Gasteiger partial charge in [0.1, 0.15) is 5.69 Å². The van der Waals surface area contributed by atoms with Crippen molar-refractivity contribution in [2.24, 2.45) is 11.8 Å². The van der Waals surface area contributed by atoms with Gasteiger partial charge >= 0.3 is 5.97 Å². The highest BCUT2D eigenvalue weighted by Crippen LogP contribution is 2.44. The third-order valence-electron chi connectivity index (χ3n) is 9.45. The first-order chi connectivity index (χ1) is 19.8. The first-order valence-corrected chi connectivity index (χ1v) is 15.1. The molecule has 2 aromatic carbocycles. The second-order valence-electron chi connectivity index (χ2n) is 11.8. The van der Waals surface area contributed by atoms with Crippen LogP contribution in [0.15, 0.2) is 42.5 Å². The number of aromatic nitrogens is 1. The van der Waals surface area contributed by atoms with E-state index in [9.17, 15) is 18.4 Å². The molecule has 4 heterocycles. The molecule has 0 aliphatic carbocycles. The first-order valence-electron chi connectivity index (χ1n) is 14.7. The van der Waals surface area contributed by atoms with Gasteiger partial charge in [-0.25, -0.2) is 8.78 Å². The Kier molecular flexibility index (Phi) is 8.05. The molecule has 3 aliphatic rings. The number of hydrogen-bond donors (Lipinski definition) is 0. The number of ether oxygens (including phenoxy) is 1. The van der Waals surface area contributed by atoms with Crippen LogP contribution >= 0.6 is 11.6 Å². The number of nitrogens with zero attached hydrogens (tertiary/aromatic N) is 3. The number of hydrogen-bond acceptors (Lipinski definition) is 4. The van der Waals surface area contributed by atoms with E-state index in [4.69, 9.17) is 16.3 Å². The molecule has 1 amide bonds. The SMILES string of the molecule is COC(=O)CCC[C@@H]1[C@H]2CCCN3CCC[C@@H](CN1C(=O)c1cc4ccc(Cl)cc4n1Cc1ccc(F)c(F)c1)[C@@H]23. The highest BCUT2D eigenvalue weighted by molar-refractivity contribution is 6.31. The van der Waals surface area contributed by atoms with E-state index in [-0.39, 0.29) is 24.5 Å². The number of likely N-dealkylation sites (tertiary alicyclic amines) is 1. The Hall–Kier alpha value is -2.97. The number of carbonyl (C=O) groups is 2. The van der Waals surface area contributed by atoms with Crippen LogP contribution in [0.4, 0.5) is 8.78 Å². The summed E-state index contributed by atoms with van der Waals surface area (Å²) in [6.07, 6.45) is 6.13. The molecule has 3 saturated heterocycles. The lowest BCUT2D eigenvalue weighted by atomic mass is 9.69. The minimum atomic E-state index is -0.920. The van der Waals surface area contributed by atoms with Gasteiger partial charge < -0.3 is 14.2 Å². The molecule has 41 heavy (non-hydrogen) atoms. The number of halogens is 3. The maximum absolute atomic E-state index is 14.6. The Morgan fingerprint density at radius 1 is 1.02 bits per heavy atom. The van der Waals surface area contributed by atoms with Gasteiger partial charge in [-0.15, -0.1) is 0 Å². The maximum atomic E-state index is 14.6. The second-order valence-corrected chi connectivity index (χ2v) is 12.2. The Labute approximate surface area is 244 Å². The number of methoxy groups -OCH3 is 1. The molecule has 9 heteroatoms. The summed E-state index contributed by atoms with van der Waals surface area (Å²) < 4.78 is 34.6. The van der Waals surface area contributed by atoms with E-state index in [1.165, 1.54) is 13.2 Å². The van der Waals surface area contributed by atoms with E-state index in [2.05, 4.69) is 9.80 Å². The minimum absolute atomic E-state index is 0.00706. The van der Waals surface area contributed by atoms with Crippen LogP contribution in [0.3, 0.4) is 0 Å². The van der Waals surface area contributed by atoms with Crippen molar-refractivity contribution in [2.75, 3.05) is 26.7 Å². The van der Waals surface area contributed by atoms with Crippen molar-refractivity contribution in [3.63, 3.8) is 0 Å². The number of esters is 1. The third-order valence-corrected chi connectivity index (χ3v) is 9.69. The van der Waals surface area contributed by atoms with Crippen LogP contribution in [0.5, 0.6) is 0 Å². The molecule has 0 saturated carbocycles. The molecule has 6 nitrogen and oxygen atoms in total. The van der Waals surface area contributed by atoms with Crippen LogP contribution in [-0.4, -0.2) is 65.1 Å². The summed E-state index contributed by atoms with van der Waals surface area (Å²) >= 11 is 6.37. The van der Waals surface area contributed by atoms with E-state index in [0.717, 1.165) is 62.2 Å². The summed E-state index contributed by atoms with van der Waals surface area (Å²) in [5.41, 5.74) is 1.83. The van der Waals surface area contributed by atoms with E-state index < -0.39 is 11.6 Å². The van der Waals surface area contributed by atoms with Crippen LogP contribution in [-0.2, 0) is 16.1 Å². The zero-order chi connectivity index (χ0) is 28.7. The lowest BCUT2D eigenvalue weighted by Crippen LogP contribution is -2.65. The minimum Gasteiger partial charge on any atom is -0.469 e. The van der Waals surface area contributed by atoms with Gasteiger partial charge in [0.15, 0.2) is 11.6 Å². The number of rotatable bonds is 7. The van der Waals surface area contributed by atoms with E-state index in [0.29, 0.717) is 53.5 Å². The zero-order valence-corrected chi connectivity index (χ0v) is 24.1. The number of piperidine rings is 3. The number of fused-ring (bicyclic) bond motifs is 1. The average molecular weight is 584 g/mol. The van der Waals surface area contributed by atoms with Crippen molar-refractivity contribution in [3.8, 4) is 0 Å². The summed E-state index contributed by atoms with van der Waals surface area (Å²) in [4.78, 5) is 31.3. The number of carbonyl (C=O) groups excluding carboxylic acids is 2. The van der Waals surface area contributed by atoms with Crippen LogP contribution in [0.25, 0.3) is 10.9 Å². The van der Waals surface area contributed by atoms with Crippen LogP contribution in [0.2, 0.25) is 5.02 Å². The Morgan fingerprint density at radius 3 is 2.61 bits per heavy atom. The molecule has 0 bridgehead atoms. The van der Waals surface area contributed by atoms with Gasteiger partial charge in [-0.3, -0.25) is 14.5 Å². The zero-order valence-electron chi connectivity index (χ0n) is 23.3. The summed E-state index contributed by atoms with van der Waals surface area (Å²) in [5.74, 6) is -1.36. The van der Waals surface area contributed by atoms with Gasteiger partial charge in [-0.2, -0.15) is 0 Å². The molecular formula is C32H36ClF2N3O3. The molecule has 3 aromatic rings. The monoisotopic (exact) mass is 583 g/mol. The molecular weight excluding hydrogens is 548 g/mol. The average Bonchev–Trinajstić information content (AvgIpc) is 3.32. The molecule has 3 fully saturated rings. The van der Waals surface area contributed by atoms with Crippen molar-refractivity contribution in [2.45, 2.75) is 63.6 Å². The number of benzene rings is 2. The second kappa shape index (κ2) is 11.7. The topological polar surface area (TPSA) is 54.8 Å².